The van der Waals surface area contributed by atoms with Gasteiger partial charge in [0.15, 0.2) is 11.7 Å². The average Bonchev–Trinajstić information content (AvgIpc) is 2.73. The normalized spacial score (nSPS) is 23.9. The highest BCUT2D eigenvalue weighted by atomic mass is 15.4. The van der Waals surface area contributed by atoms with Crippen LogP contribution in [0, 0.1) is 0 Å². The van der Waals surface area contributed by atoms with Gasteiger partial charge in [-0.15, -0.1) is 0 Å². The summed E-state index contributed by atoms with van der Waals surface area (Å²) >= 11 is 0. The van der Waals surface area contributed by atoms with Crippen LogP contribution in [0.1, 0.15) is 12.6 Å². The SMILES string of the molecule is C[C@@H]1CN=C2c3c(ncn3C)N(C)CN21. The van der Waals surface area contributed by atoms with Gasteiger partial charge in [-0.3, -0.25) is 4.99 Å². The Morgan fingerprint density at radius 2 is 2.20 bits per heavy atom. The Balaban J connectivity index is 2.16. The summed E-state index contributed by atoms with van der Waals surface area (Å²) in [4.78, 5) is 13.5. The second-order valence-corrected chi connectivity index (χ2v) is 4.35. The summed E-state index contributed by atoms with van der Waals surface area (Å²) in [5.41, 5.74) is 1.15. The highest BCUT2D eigenvalue weighted by molar-refractivity contribution is 6.04. The third-order valence-corrected chi connectivity index (χ3v) is 3.16. The fourth-order valence-electron chi connectivity index (χ4n) is 2.28. The quantitative estimate of drug-likeness (QED) is 0.610. The first-order valence-electron chi connectivity index (χ1n) is 5.22. The number of anilines is 1. The molecule has 5 heteroatoms. The summed E-state index contributed by atoms with van der Waals surface area (Å²) in [5.74, 6) is 2.15. The van der Waals surface area contributed by atoms with Crippen LogP contribution in [0.25, 0.3) is 0 Å². The summed E-state index contributed by atoms with van der Waals surface area (Å²) in [6, 6.07) is 0.505. The molecule has 0 fully saturated rings. The largest absolute Gasteiger partial charge is 0.340 e. The van der Waals surface area contributed by atoms with E-state index >= 15 is 0 Å². The van der Waals surface area contributed by atoms with Gasteiger partial charge in [-0.2, -0.15) is 0 Å². The molecule has 0 bridgehead atoms. The first-order chi connectivity index (χ1) is 7.18. The van der Waals surface area contributed by atoms with E-state index in [0.717, 1.165) is 30.6 Å². The molecule has 0 aromatic carbocycles. The maximum atomic E-state index is 4.60. The van der Waals surface area contributed by atoms with Crippen LogP contribution in [0.2, 0.25) is 0 Å². The van der Waals surface area contributed by atoms with E-state index in [9.17, 15) is 0 Å². The lowest BCUT2D eigenvalue weighted by Gasteiger charge is -2.35. The molecule has 3 heterocycles. The molecule has 3 rings (SSSR count). The molecule has 1 aromatic rings. The predicted octanol–water partition coefficient (Wildman–Crippen LogP) is 0.278. The lowest BCUT2D eigenvalue weighted by Crippen LogP contribution is -2.47. The van der Waals surface area contributed by atoms with E-state index in [1.807, 2.05) is 13.4 Å². The van der Waals surface area contributed by atoms with Crippen LogP contribution in [0.5, 0.6) is 0 Å². The molecule has 5 nitrogen and oxygen atoms in total. The van der Waals surface area contributed by atoms with Crippen LogP contribution in [-0.2, 0) is 7.05 Å². The first-order valence-corrected chi connectivity index (χ1v) is 5.22. The minimum atomic E-state index is 0.505. The third kappa shape index (κ3) is 1.03. The van der Waals surface area contributed by atoms with Crippen molar-refractivity contribution in [3.8, 4) is 0 Å². The molecule has 0 aliphatic carbocycles. The number of aliphatic imine (C=N–C) groups is 1. The number of fused-ring (bicyclic) bond motifs is 3. The first kappa shape index (κ1) is 8.76. The Kier molecular flexibility index (Phi) is 1.60. The van der Waals surface area contributed by atoms with Gasteiger partial charge in [-0.25, -0.2) is 4.98 Å². The molecular weight excluding hydrogens is 190 g/mol. The number of hydrogen-bond donors (Lipinski definition) is 0. The predicted molar refractivity (Wildman–Crippen MR) is 59.2 cm³/mol. The van der Waals surface area contributed by atoms with Gasteiger partial charge in [0.25, 0.3) is 0 Å². The molecule has 2 aliphatic heterocycles. The maximum Gasteiger partial charge on any atom is 0.159 e. The number of nitrogens with zero attached hydrogens (tertiary/aromatic N) is 5. The molecule has 0 amide bonds. The van der Waals surface area contributed by atoms with Crippen LogP contribution in [0.3, 0.4) is 0 Å². The second-order valence-electron chi connectivity index (χ2n) is 4.35. The zero-order valence-electron chi connectivity index (χ0n) is 9.30. The lowest BCUT2D eigenvalue weighted by molar-refractivity contribution is 0.358. The molecule has 0 radical (unpaired) electrons. The number of amidine groups is 1. The van der Waals surface area contributed by atoms with Gasteiger partial charge in [-0.1, -0.05) is 0 Å². The highest BCUT2D eigenvalue weighted by Crippen LogP contribution is 2.28. The monoisotopic (exact) mass is 205 g/mol. The van der Waals surface area contributed by atoms with Gasteiger partial charge < -0.3 is 14.4 Å². The zero-order chi connectivity index (χ0) is 10.6. The molecular formula is C10H15N5. The van der Waals surface area contributed by atoms with Crippen molar-refractivity contribution in [2.24, 2.45) is 12.0 Å². The van der Waals surface area contributed by atoms with E-state index in [1.165, 1.54) is 0 Å². The van der Waals surface area contributed by atoms with Crippen molar-refractivity contribution in [2.45, 2.75) is 13.0 Å². The highest BCUT2D eigenvalue weighted by Gasteiger charge is 2.35. The summed E-state index contributed by atoms with van der Waals surface area (Å²) in [7, 11) is 4.10. The van der Waals surface area contributed by atoms with Gasteiger partial charge in [0, 0.05) is 20.1 Å². The molecule has 0 N–H and O–H groups in total. The number of aromatic nitrogens is 2. The summed E-state index contributed by atoms with van der Waals surface area (Å²) in [5, 5.41) is 0. The minimum absolute atomic E-state index is 0.505. The van der Waals surface area contributed by atoms with Gasteiger partial charge >= 0.3 is 0 Å². The van der Waals surface area contributed by atoms with Crippen LogP contribution >= 0.6 is 0 Å². The van der Waals surface area contributed by atoms with Gasteiger partial charge in [0.05, 0.1) is 19.5 Å². The molecule has 1 atom stereocenters. The lowest BCUT2D eigenvalue weighted by atomic mass is 10.2. The van der Waals surface area contributed by atoms with E-state index in [2.05, 4.69) is 38.3 Å². The second kappa shape index (κ2) is 2.74. The molecule has 1 aromatic heterocycles. The van der Waals surface area contributed by atoms with E-state index in [4.69, 9.17) is 0 Å². The molecule has 0 saturated heterocycles. The van der Waals surface area contributed by atoms with Crippen LogP contribution in [-0.4, -0.2) is 46.6 Å². The van der Waals surface area contributed by atoms with E-state index < -0.39 is 0 Å². The number of aryl methyl sites for hydroxylation is 1. The van der Waals surface area contributed by atoms with Gasteiger partial charge in [0.2, 0.25) is 0 Å². The van der Waals surface area contributed by atoms with E-state index in [1.54, 1.807) is 0 Å². The zero-order valence-corrected chi connectivity index (χ0v) is 9.30. The standard InChI is InChI=1S/C10H15N5/c1-7-4-11-10-8-9(12-5-13(8)2)14(3)6-15(7)10/h5,7H,4,6H2,1-3H3/t7-/m1/s1. The maximum absolute atomic E-state index is 4.60. The summed E-state index contributed by atoms with van der Waals surface area (Å²) < 4.78 is 2.05. The van der Waals surface area contributed by atoms with Crippen molar-refractivity contribution >= 4 is 11.7 Å². The van der Waals surface area contributed by atoms with Crippen molar-refractivity contribution in [3.63, 3.8) is 0 Å². The van der Waals surface area contributed by atoms with Gasteiger partial charge in [-0.05, 0) is 6.92 Å². The van der Waals surface area contributed by atoms with Crippen molar-refractivity contribution in [1.82, 2.24) is 14.5 Å². The fraction of sp³-hybridized carbons (Fsp3) is 0.600. The molecule has 0 unspecified atom stereocenters. The Morgan fingerprint density at radius 1 is 1.40 bits per heavy atom. The summed E-state index contributed by atoms with van der Waals surface area (Å²) in [6.07, 6.45) is 1.86. The van der Waals surface area contributed by atoms with Crippen molar-refractivity contribution in [3.05, 3.63) is 12.0 Å². The Hall–Kier alpha value is -1.52. The van der Waals surface area contributed by atoms with Crippen LogP contribution < -0.4 is 4.90 Å². The molecule has 15 heavy (non-hydrogen) atoms. The van der Waals surface area contributed by atoms with Crippen molar-refractivity contribution in [2.75, 3.05) is 25.2 Å². The number of imidazole rings is 1. The molecule has 0 saturated carbocycles. The fourth-order valence-corrected chi connectivity index (χ4v) is 2.28. The Labute approximate surface area is 89.0 Å². The van der Waals surface area contributed by atoms with Crippen LogP contribution in [0.4, 0.5) is 5.82 Å². The molecule has 2 aliphatic rings. The van der Waals surface area contributed by atoms with E-state index in [-0.39, 0.29) is 0 Å². The minimum Gasteiger partial charge on any atom is -0.340 e. The van der Waals surface area contributed by atoms with Crippen molar-refractivity contribution in [1.29, 1.82) is 0 Å². The topological polar surface area (TPSA) is 36.7 Å². The smallest absolute Gasteiger partial charge is 0.159 e. The van der Waals surface area contributed by atoms with E-state index in [0.29, 0.717) is 6.04 Å². The number of hydrogen-bond acceptors (Lipinski definition) is 4. The average molecular weight is 205 g/mol. The van der Waals surface area contributed by atoms with Crippen molar-refractivity contribution < 1.29 is 0 Å². The molecule has 0 spiro atoms. The van der Waals surface area contributed by atoms with Gasteiger partial charge in [0.1, 0.15) is 5.69 Å². The molecule has 80 valence electrons. The van der Waals surface area contributed by atoms with Crippen LogP contribution in [0.15, 0.2) is 11.3 Å². The third-order valence-electron chi connectivity index (χ3n) is 3.16. The number of rotatable bonds is 0. The summed E-state index contributed by atoms with van der Waals surface area (Å²) in [6.45, 7) is 4.00. The Bertz CT molecular complexity index is 433. The Morgan fingerprint density at radius 3 is 3.00 bits per heavy atom.